The summed E-state index contributed by atoms with van der Waals surface area (Å²) in [6.07, 6.45) is 0. The van der Waals surface area contributed by atoms with Gasteiger partial charge in [-0.2, -0.15) is 4.31 Å². The third-order valence-corrected chi connectivity index (χ3v) is 4.88. The van der Waals surface area contributed by atoms with E-state index in [1.165, 1.54) is 43.4 Å². The molecule has 7 heteroatoms. The molecule has 2 aromatic carbocycles. The summed E-state index contributed by atoms with van der Waals surface area (Å²) in [5.74, 6) is -1.32. The standard InChI is InChI=1S/C14H14F2N2O2S/c1-18(9-10-5-7-11(15)8-6-10)21(19,20)14-12(16)3-2-4-13(14)17/h2-8H,9,17H2,1H3. The molecule has 0 unspecified atom stereocenters. The smallest absolute Gasteiger partial charge is 0.248 e. The molecule has 0 aliphatic carbocycles. The van der Waals surface area contributed by atoms with Crippen LogP contribution in [0, 0.1) is 11.6 Å². The molecule has 2 rings (SSSR count). The summed E-state index contributed by atoms with van der Waals surface area (Å²) in [6, 6.07) is 9.08. The summed E-state index contributed by atoms with van der Waals surface area (Å²) >= 11 is 0. The number of hydrogen-bond donors (Lipinski definition) is 1. The maximum atomic E-state index is 13.8. The van der Waals surface area contributed by atoms with Crippen molar-refractivity contribution in [3.8, 4) is 0 Å². The van der Waals surface area contributed by atoms with Crippen molar-refractivity contribution in [2.75, 3.05) is 12.8 Å². The van der Waals surface area contributed by atoms with Crippen molar-refractivity contribution >= 4 is 15.7 Å². The number of nitrogens with zero attached hydrogens (tertiary/aromatic N) is 1. The molecule has 0 heterocycles. The first-order chi connectivity index (χ1) is 9.82. The fraction of sp³-hybridized carbons (Fsp3) is 0.143. The number of sulfonamides is 1. The second kappa shape index (κ2) is 5.79. The highest BCUT2D eigenvalue weighted by Gasteiger charge is 2.27. The van der Waals surface area contributed by atoms with Crippen LogP contribution in [-0.4, -0.2) is 19.8 Å². The molecule has 0 aliphatic rings. The van der Waals surface area contributed by atoms with Gasteiger partial charge >= 0.3 is 0 Å². The maximum Gasteiger partial charge on any atom is 0.248 e. The fourth-order valence-corrected chi connectivity index (χ4v) is 3.20. The van der Waals surface area contributed by atoms with Crippen molar-refractivity contribution in [2.24, 2.45) is 0 Å². The normalized spacial score (nSPS) is 11.8. The molecule has 0 aromatic heterocycles. The Labute approximate surface area is 121 Å². The highest BCUT2D eigenvalue weighted by Crippen LogP contribution is 2.25. The predicted octanol–water partition coefficient (Wildman–Crippen LogP) is 2.37. The Morgan fingerprint density at radius 1 is 1.10 bits per heavy atom. The molecular weight excluding hydrogens is 298 g/mol. The molecular formula is C14H14F2N2O2S. The Balaban J connectivity index is 2.33. The van der Waals surface area contributed by atoms with E-state index < -0.39 is 26.6 Å². The monoisotopic (exact) mass is 312 g/mol. The number of rotatable bonds is 4. The van der Waals surface area contributed by atoms with Crippen LogP contribution < -0.4 is 5.73 Å². The molecule has 2 aromatic rings. The maximum absolute atomic E-state index is 13.8. The van der Waals surface area contributed by atoms with Gasteiger partial charge in [-0.05, 0) is 29.8 Å². The van der Waals surface area contributed by atoms with E-state index in [0.29, 0.717) is 5.56 Å². The van der Waals surface area contributed by atoms with Crippen LogP contribution in [-0.2, 0) is 16.6 Å². The first kappa shape index (κ1) is 15.4. The lowest BCUT2D eigenvalue weighted by Crippen LogP contribution is -2.28. The predicted molar refractivity (Wildman–Crippen MR) is 75.9 cm³/mol. The summed E-state index contributed by atoms with van der Waals surface area (Å²) < 4.78 is 52.3. The first-order valence-electron chi connectivity index (χ1n) is 6.07. The van der Waals surface area contributed by atoms with Gasteiger partial charge in [0.05, 0.1) is 5.69 Å². The van der Waals surface area contributed by atoms with E-state index in [0.717, 1.165) is 10.4 Å². The molecule has 0 spiro atoms. The van der Waals surface area contributed by atoms with Crippen molar-refractivity contribution in [1.82, 2.24) is 4.31 Å². The molecule has 0 amide bonds. The summed E-state index contributed by atoms with van der Waals surface area (Å²) in [6.45, 7) is -0.0175. The van der Waals surface area contributed by atoms with E-state index in [2.05, 4.69) is 0 Å². The van der Waals surface area contributed by atoms with Gasteiger partial charge in [-0.3, -0.25) is 0 Å². The van der Waals surface area contributed by atoms with Crippen LogP contribution in [0.4, 0.5) is 14.5 Å². The first-order valence-corrected chi connectivity index (χ1v) is 7.51. The summed E-state index contributed by atoms with van der Waals surface area (Å²) in [4.78, 5) is -0.547. The van der Waals surface area contributed by atoms with Crippen LogP contribution in [0.1, 0.15) is 5.56 Å². The van der Waals surface area contributed by atoms with Gasteiger partial charge in [0.2, 0.25) is 10.0 Å². The number of hydrogen-bond acceptors (Lipinski definition) is 3. The summed E-state index contributed by atoms with van der Waals surface area (Å²) in [7, 11) is -2.76. The number of benzene rings is 2. The average molecular weight is 312 g/mol. The lowest BCUT2D eigenvalue weighted by Gasteiger charge is -2.18. The van der Waals surface area contributed by atoms with E-state index in [9.17, 15) is 17.2 Å². The second-order valence-electron chi connectivity index (χ2n) is 4.55. The molecule has 0 radical (unpaired) electrons. The van der Waals surface area contributed by atoms with E-state index in [-0.39, 0.29) is 12.2 Å². The van der Waals surface area contributed by atoms with Crippen molar-refractivity contribution in [2.45, 2.75) is 11.4 Å². The topological polar surface area (TPSA) is 63.4 Å². The Hall–Kier alpha value is -1.99. The largest absolute Gasteiger partial charge is 0.398 e. The molecule has 4 nitrogen and oxygen atoms in total. The van der Waals surface area contributed by atoms with Crippen LogP contribution in [0.2, 0.25) is 0 Å². The Morgan fingerprint density at radius 3 is 2.29 bits per heavy atom. The molecule has 0 saturated heterocycles. The van der Waals surface area contributed by atoms with Gasteiger partial charge in [-0.15, -0.1) is 0 Å². The zero-order valence-electron chi connectivity index (χ0n) is 11.3. The van der Waals surface area contributed by atoms with Crippen molar-refractivity contribution in [1.29, 1.82) is 0 Å². The van der Waals surface area contributed by atoms with Gasteiger partial charge < -0.3 is 5.73 Å². The third-order valence-electron chi connectivity index (χ3n) is 2.98. The molecule has 0 atom stereocenters. The Kier molecular flexibility index (Phi) is 4.24. The van der Waals surface area contributed by atoms with Gasteiger partial charge in [-0.1, -0.05) is 18.2 Å². The van der Waals surface area contributed by atoms with Crippen molar-refractivity contribution < 1.29 is 17.2 Å². The van der Waals surface area contributed by atoms with E-state index >= 15 is 0 Å². The summed E-state index contributed by atoms with van der Waals surface area (Å²) in [5, 5.41) is 0. The van der Waals surface area contributed by atoms with Gasteiger partial charge in [-0.25, -0.2) is 17.2 Å². The van der Waals surface area contributed by atoms with E-state index in [1.807, 2.05) is 0 Å². The SMILES string of the molecule is CN(Cc1ccc(F)cc1)S(=O)(=O)c1c(N)cccc1F. The molecule has 0 aliphatic heterocycles. The van der Waals surface area contributed by atoms with Crippen LogP contribution in [0.25, 0.3) is 0 Å². The fourth-order valence-electron chi connectivity index (χ4n) is 1.89. The van der Waals surface area contributed by atoms with E-state index in [1.54, 1.807) is 0 Å². The highest BCUT2D eigenvalue weighted by molar-refractivity contribution is 7.89. The average Bonchev–Trinajstić information content (AvgIpc) is 2.40. The second-order valence-corrected chi connectivity index (χ2v) is 6.53. The Morgan fingerprint density at radius 2 is 1.71 bits per heavy atom. The molecule has 2 N–H and O–H groups in total. The highest BCUT2D eigenvalue weighted by atomic mass is 32.2. The van der Waals surface area contributed by atoms with Gasteiger partial charge in [0.1, 0.15) is 16.5 Å². The van der Waals surface area contributed by atoms with Crippen molar-refractivity contribution in [3.63, 3.8) is 0 Å². The third kappa shape index (κ3) is 3.20. The molecule has 0 saturated carbocycles. The zero-order chi connectivity index (χ0) is 15.6. The lowest BCUT2D eigenvalue weighted by molar-refractivity contribution is 0.460. The minimum atomic E-state index is -4.07. The minimum absolute atomic E-state index is 0.0175. The van der Waals surface area contributed by atoms with Crippen LogP contribution in [0.15, 0.2) is 47.4 Å². The molecule has 112 valence electrons. The van der Waals surface area contributed by atoms with Crippen LogP contribution in [0.3, 0.4) is 0 Å². The minimum Gasteiger partial charge on any atom is -0.398 e. The lowest BCUT2D eigenvalue weighted by atomic mass is 10.2. The Bertz CT molecular complexity index is 726. The quantitative estimate of drug-likeness (QED) is 0.882. The summed E-state index contributed by atoms with van der Waals surface area (Å²) in [5.41, 5.74) is 5.99. The van der Waals surface area contributed by atoms with Gasteiger partial charge in [0, 0.05) is 13.6 Å². The zero-order valence-corrected chi connectivity index (χ0v) is 12.1. The van der Waals surface area contributed by atoms with E-state index in [4.69, 9.17) is 5.73 Å². The number of nitrogen functional groups attached to an aromatic ring is 1. The number of nitrogens with two attached hydrogens (primary N) is 1. The molecule has 21 heavy (non-hydrogen) atoms. The van der Waals surface area contributed by atoms with Crippen LogP contribution >= 0.6 is 0 Å². The van der Waals surface area contributed by atoms with Crippen molar-refractivity contribution in [3.05, 3.63) is 59.7 Å². The van der Waals surface area contributed by atoms with Crippen LogP contribution in [0.5, 0.6) is 0 Å². The molecule has 0 bridgehead atoms. The van der Waals surface area contributed by atoms with Gasteiger partial charge in [0.15, 0.2) is 0 Å². The number of anilines is 1. The molecule has 0 fully saturated rings. The van der Waals surface area contributed by atoms with Gasteiger partial charge in [0.25, 0.3) is 0 Å². The number of halogens is 2.